The van der Waals surface area contributed by atoms with Gasteiger partial charge in [-0.3, -0.25) is 19.2 Å². The summed E-state index contributed by atoms with van der Waals surface area (Å²) >= 11 is 1.46. The van der Waals surface area contributed by atoms with E-state index in [-0.39, 0.29) is 30.2 Å². The Morgan fingerprint density at radius 1 is 0.397 bits per heavy atom. The van der Waals surface area contributed by atoms with Crippen molar-refractivity contribution in [3.05, 3.63) is 0 Å². The van der Waals surface area contributed by atoms with Gasteiger partial charge in [0.05, 0.1) is 6.04 Å². The maximum atomic E-state index is 12.9. The normalized spacial score (nSPS) is 12.3. The summed E-state index contributed by atoms with van der Waals surface area (Å²) in [5.74, 6) is 0.116. The molecule has 2 atom stereocenters. The van der Waals surface area contributed by atoms with Crippen molar-refractivity contribution in [2.75, 3.05) is 18.1 Å². The highest BCUT2D eigenvalue weighted by atomic mass is 32.2. The highest BCUT2D eigenvalue weighted by Gasteiger charge is 2.21. The fourth-order valence-electron chi connectivity index (χ4n) is 8.34. The minimum atomic E-state index is -0.593. The molecule has 0 saturated heterocycles. The van der Waals surface area contributed by atoms with Gasteiger partial charge in [-0.15, -0.1) is 0 Å². The standard InChI is InChI=1S/C55H105NO6S/c1-5-8-11-14-17-20-23-26-29-32-35-38-41-44-53(58)56-52(50(4)57)49-63-48-51(62-55(60)46-43-40-37-34-31-28-25-22-19-16-13-10-7-3)47-61-54(59)45-42-39-36-33-30-27-24-21-18-15-12-9-6-2/h51-52H,5-49H2,1-4H3,(H,56,58)/t51-,52+/m1/s1. The molecule has 0 aliphatic heterocycles. The Hall–Kier alpha value is -1.57. The molecule has 0 aliphatic rings. The smallest absolute Gasteiger partial charge is 0.306 e. The van der Waals surface area contributed by atoms with Gasteiger partial charge in [0, 0.05) is 30.8 Å². The van der Waals surface area contributed by atoms with Gasteiger partial charge in [0.2, 0.25) is 5.91 Å². The van der Waals surface area contributed by atoms with Crippen LogP contribution in [-0.4, -0.2) is 53.9 Å². The van der Waals surface area contributed by atoms with Crippen LogP contribution < -0.4 is 5.32 Å². The van der Waals surface area contributed by atoms with Crippen LogP contribution in [0.3, 0.4) is 0 Å². The fourth-order valence-corrected chi connectivity index (χ4v) is 9.46. The molecule has 63 heavy (non-hydrogen) atoms. The summed E-state index contributed by atoms with van der Waals surface area (Å²) in [7, 11) is 0. The van der Waals surface area contributed by atoms with Crippen LogP contribution >= 0.6 is 11.8 Å². The van der Waals surface area contributed by atoms with E-state index in [9.17, 15) is 19.2 Å². The SMILES string of the molecule is CCCCCCCCCCCCCCCC(=O)N[C@@H](CSC[C@@H](COC(=O)CCCCCCCCCCCCCCC)OC(=O)CCCCCCCCCCCCCCC)C(C)=O. The van der Waals surface area contributed by atoms with Crippen molar-refractivity contribution in [2.24, 2.45) is 0 Å². The van der Waals surface area contributed by atoms with Gasteiger partial charge in [0.25, 0.3) is 0 Å². The maximum Gasteiger partial charge on any atom is 0.306 e. The van der Waals surface area contributed by atoms with E-state index in [1.165, 1.54) is 211 Å². The van der Waals surface area contributed by atoms with Crippen LogP contribution in [0.2, 0.25) is 0 Å². The molecule has 0 aromatic carbocycles. The van der Waals surface area contributed by atoms with Gasteiger partial charge in [-0.05, 0) is 26.2 Å². The first kappa shape index (κ1) is 61.4. The van der Waals surface area contributed by atoms with Crippen molar-refractivity contribution >= 4 is 35.4 Å². The Morgan fingerprint density at radius 2 is 0.698 bits per heavy atom. The average molecular weight is 909 g/mol. The third kappa shape index (κ3) is 46.8. The Balaban J connectivity index is 4.59. The molecule has 0 heterocycles. The Bertz CT molecular complexity index is 1020. The van der Waals surface area contributed by atoms with Crippen LogP contribution in [-0.2, 0) is 28.7 Å². The lowest BCUT2D eigenvalue weighted by Crippen LogP contribution is -2.42. The molecule has 0 spiro atoms. The third-order valence-corrected chi connectivity index (χ3v) is 13.8. The number of nitrogens with one attached hydrogen (secondary N) is 1. The molecular formula is C55H105NO6S. The summed E-state index contributed by atoms with van der Waals surface area (Å²) in [5.41, 5.74) is 0. The Morgan fingerprint density at radius 3 is 1.03 bits per heavy atom. The van der Waals surface area contributed by atoms with Crippen LogP contribution in [0.1, 0.15) is 297 Å². The summed E-state index contributed by atoms with van der Waals surface area (Å²) in [6, 6.07) is -0.593. The van der Waals surface area contributed by atoms with E-state index in [2.05, 4.69) is 26.1 Å². The second-order valence-corrected chi connectivity index (χ2v) is 20.1. The number of ether oxygens (including phenoxy) is 2. The van der Waals surface area contributed by atoms with Gasteiger partial charge in [-0.2, -0.15) is 11.8 Å². The average Bonchev–Trinajstić information content (AvgIpc) is 3.27. The topological polar surface area (TPSA) is 98.8 Å². The predicted molar refractivity (Wildman–Crippen MR) is 272 cm³/mol. The second-order valence-electron chi connectivity index (χ2n) is 19.0. The molecule has 1 N–H and O–H groups in total. The summed E-state index contributed by atoms with van der Waals surface area (Å²) in [6.07, 6.45) is 49.4. The van der Waals surface area contributed by atoms with Crippen LogP contribution in [0.4, 0.5) is 0 Å². The van der Waals surface area contributed by atoms with Gasteiger partial charge in [-0.1, -0.05) is 252 Å². The van der Waals surface area contributed by atoms with Crippen molar-refractivity contribution in [2.45, 2.75) is 310 Å². The van der Waals surface area contributed by atoms with Crippen molar-refractivity contribution < 1.29 is 28.7 Å². The van der Waals surface area contributed by atoms with Crippen LogP contribution in [0, 0.1) is 0 Å². The van der Waals surface area contributed by atoms with Gasteiger partial charge >= 0.3 is 11.9 Å². The highest BCUT2D eigenvalue weighted by molar-refractivity contribution is 7.99. The summed E-state index contributed by atoms with van der Waals surface area (Å²) < 4.78 is 11.5. The molecule has 0 rings (SSSR count). The highest BCUT2D eigenvalue weighted by Crippen LogP contribution is 2.18. The third-order valence-electron chi connectivity index (χ3n) is 12.6. The molecule has 0 aromatic heterocycles. The maximum absolute atomic E-state index is 12.9. The Labute approximate surface area is 395 Å². The summed E-state index contributed by atoms with van der Waals surface area (Å²) in [6.45, 7) is 8.33. The van der Waals surface area contributed by atoms with Crippen LogP contribution in [0.25, 0.3) is 0 Å². The van der Waals surface area contributed by atoms with Crippen LogP contribution in [0.5, 0.6) is 0 Å². The number of carbonyl (C=O) groups excluding carboxylic acids is 4. The molecule has 1 amide bonds. The lowest BCUT2D eigenvalue weighted by Gasteiger charge is -2.20. The zero-order chi connectivity index (χ0) is 46.1. The van der Waals surface area contributed by atoms with Crippen molar-refractivity contribution in [3.8, 4) is 0 Å². The zero-order valence-corrected chi connectivity index (χ0v) is 43.1. The van der Waals surface area contributed by atoms with E-state index in [0.29, 0.717) is 30.8 Å². The lowest BCUT2D eigenvalue weighted by molar-refractivity contribution is -0.157. The van der Waals surface area contributed by atoms with E-state index in [4.69, 9.17) is 9.47 Å². The van der Waals surface area contributed by atoms with E-state index < -0.39 is 12.1 Å². The minimum Gasteiger partial charge on any atom is -0.462 e. The number of thioether (sulfide) groups is 1. The summed E-state index contributed by atoms with van der Waals surface area (Å²) in [4.78, 5) is 51.0. The first-order chi connectivity index (χ1) is 30.8. The molecule has 0 aromatic rings. The largest absolute Gasteiger partial charge is 0.462 e. The zero-order valence-electron chi connectivity index (χ0n) is 42.3. The molecule has 7 nitrogen and oxygen atoms in total. The van der Waals surface area contributed by atoms with E-state index in [1.54, 1.807) is 0 Å². The molecule has 8 heteroatoms. The quantitative estimate of drug-likeness (QED) is 0.0479. The first-order valence-electron chi connectivity index (χ1n) is 27.6. The van der Waals surface area contributed by atoms with Gasteiger partial charge in [-0.25, -0.2) is 0 Å². The predicted octanol–water partition coefficient (Wildman–Crippen LogP) is 16.7. The molecule has 372 valence electrons. The molecule has 0 fully saturated rings. The number of unbranched alkanes of at least 4 members (excludes halogenated alkanes) is 36. The number of rotatable bonds is 51. The van der Waals surface area contributed by atoms with E-state index in [0.717, 1.165) is 57.8 Å². The molecule has 0 bridgehead atoms. The second kappa shape index (κ2) is 49.9. The number of esters is 2. The number of Topliss-reactive ketones (excluding diaryl/α,β-unsaturated/α-hetero) is 1. The van der Waals surface area contributed by atoms with Crippen molar-refractivity contribution in [3.63, 3.8) is 0 Å². The van der Waals surface area contributed by atoms with E-state index >= 15 is 0 Å². The monoisotopic (exact) mass is 908 g/mol. The molecule has 0 radical (unpaired) electrons. The van der Waals surface area contributed by atoms with Gasteiger partial charge < -0.3 is 14.8 Å². The molecular weight excluding hydrogens is 803 g/mol. The lowest BCUT2D eigenvalue weighted by atomic mass is 10.0. The number of hydrogen-bond donors (Lipinski definition) is 1. The molecule has 0 unspecified atom stereocenters. The Kier molecular flexibility index (Phi) is 48.6. The number of ketones is 1. The molecule has 0 saturated carbocycles. The number of carbonyl (C=O) groups is 4. The van der Waals surface area contributed by atoms with Gasteiger partial charge in [0.15, 0.2) is 5.78 Å². The number of amides is 1. The minimum absolute atomic E-state index is 0.0186. The van der Waals surface area contributed by atoms with Crippen molar-refractivity contribution in [1.82, 2.24) is 5.32 Å². The molecule has 0 aliphatic carbocycles. The fraction of sp³-hybridized carbons (Fsp3) is 0.927. The van der Waals surface area contributed by atoms with Gasteiger partial charge in [0.1, 0.15) is 12.7 Å². The van der Waals surface area contributed by atoms with E-state index in [1.807, 2.05) is 0 Å². The van der Waals surface area contributed by atoms with Crippen molar-refractivity contribution in [1.29, 1.82) is 0 Å². The summed E-state index contributed by atoms with van der Waals surface area (Å²) in [5, 5.41) is 2.95. The number of hydrogen-bond acceptors (Lipinski definition) is 7. The van der Waals surface area contributed by atoms with Crippen LogP contribution in [0.15, 0.2) is 0 Å². The first-order valence-corrected chi connectivity index (χ1v) is 28.7.